The number of halogens is 1. The minimum Gasteiger partial charge on any atom is -0.496 e. The maximum atomic E-state index is 9.05. The van der Waals surface area contributed by atoms with Gasteiger partial charge in [-0.2, -0.15) is 0 Å². The van der Waals surface area contributed by atoms with E-state index in [1.54, 1.807) is 19.2 Å². The molecule has 0 aliphatic carbocycles. The van der Waals surface area contributed by atoms with Crippen LogP contribution in [0.2, 0.25) is 5.02 Å². The van der Waals surface area contributed by atoms with Gasteiger partial charge >= 0.3 is 7.12 Å². The van der Waals surface area contributed by atoms with Crippen molar-refractivity contribution in [1.82, 2.24) is 0 Å². The summed E-state index contributed by atoms with van der Waals surface area (Å²) in [6.45, 7) is 0.310. The molecule has 0 heterocycles. The molecule has 2 N–H and O–H groups in total. The summed E-state index contributed by atoms with van der Waals surface area (Å²) < 4.78 is 10.9. The lowest BCUT2D eigenvalue weighted by atomic mass is 9.80. The summed E-state index contributed by atoms with van der Waals surface area (Å²) in [5, 5.41) is 18.4. The predicted molar refractivity (Wildman–Crippen MR) is 78.6 cm³/mol. The topological polar surface area (TPSA) is 58.9 Å². The highest BCUT2D eigenvalue weighted by atomic mass is 35.5. The zero-order valence-corrected chi connectivity index (χ0v) is 11.7. The molecule has 0 fully saturated rings. The molecule has 0 spiro atoms. The molecule has 0 amide bonds. The fourth-order valence-electron chi connectivity index (χ4n) is 1.77. The summed E-state index contributed by atoms with van der Waals surface area (Å²) in [6.07, 6.45) is 0. The van der Waals surface area contributed by atoms with Gasteiger partial charge in [-0.05, 0) is 23.7 Å². The summed E-state index contributed by atoms with van der Waals surface area (Å²) in [5.41, 5.74) is 1.22. The van der Waals surface area contributed by atoms with Gasteiger partial charge in [0.05, 0.1) is 12.1 Å². The lowest BCUT2D eigenvalue weighted by Gasteiger charge is -2.11. The molecule has 4 nitrogen and oxygen atoms in total. The molecular weight excluding hydrogens is 278 g/mol. The van der Waals surface area contributed by atoms with Crippen LogP contribution in [0.25, 0.3) is 0 Å². The van der Waals surface area contributed by atoms with Gasteiger partial charge in [-0.3, -0.25) is 0 Å². The van der Waals surface area contributed by atoms with Crippen LogP contribution in [-0.4, -0.2) is 24.3 Å². The number of methoxy groups -OCH3 is 1. The van der Waals surface area contributed by atoms with Gasteiger partial charge in [0.1, 0.15) is 18.1 Å². The summed E-state index contributed by atoms with van der Waals surface area (Å²) >= 11 is 6.03. The summed E-state index contributed by atoms with van der Waals surface area (Å²) in [7, 11) is 0.0549. The monoisotopic (exact) mass is 292 g/mol. The second-order valence-corrected chi connectivity index (χ2v) is 4.57. The minimum atomic E-state index is -1.55. The van der Waals surface area contributed by atoms with Gasteiger partial charge in [-0.15, -0.1) is 0 Å². The predicted octanol–water partition coefficient (Wildman–Crippen LogP) is 1.61. The van der Waals surface area contributed by atoms with Crippen LogP contribution < -0.4 is 14.9 Å². The van der Waals surface area contributed by atoms with Crippen molar-refractivity contribution >= 4 is 24.2 Å². The minimum absolute atomic E-state index is 0.310. The van der Waals surface area contributed by atoms with Crippen molar-refractivity contribution in [3.63, 3.8) is 0 Å². The van der Waals surface area contributed by atoms with E-state index in [2.05, 4.69) is 0 Å². The van der Waals surface area contributed by atoms with Gasteiger partial charge in [0.25, 0.3) is 0 Å². The molecule has 0 aliphatic rings. The number of hydrogen-bond donors (Lipinski definition) is 2. The van der Waals surface area contributed by atoms with Gasteiger partial charge in [-0.25, -0.2) is 0 Å². The Hall–Kier alpha value is -1.69. The standard InChI is InChI=1S/C14H14BClO4/c1-19-13-5-3-2-4-10(13)9-20-14-7-6-11(15(17)18)8-12(14)16/h2-8,17-18H,9H2,1H3. The highest BCUT2D eigenvalue weighted by molar-refractivity contribution is 6.59. The number of rotatable bonds is 5. The van der Waals surface area contributed by atoms with Gasteiger partial charge < -0.3 is 19.5 Å². The van der Waals surface area contributed by atoms with E-state index in [4.69, 9.17) is 31.1 Å². The third kappa shape index (κ3) is 3.45. The molecule has 0 aliphatic heterocycles. The van der Waals surface area contributed by atoms with E-state index in [1.165, 1.54) is 6.07 Å². The Bertz CT molecular complexity index is 589. The van der Waals surface area contributed by atoms with Crippen molar-refractivity contribution < 1.29 is 19.5 Å². The first-order valence-electron chi connectivity index (χ1n) is 6.02. The quantitative estimate of drug-likeness (QED) is 0.822. The average Bonchev–Trinajstić information content (AvgIpc) is 2.46. The van der Waals surface area contributed by atoms with E-state index >= 15 is 0 Å². The Morgan fingerprint density at radius 2 is 1.85 bits per heavy atom. The molecular formula is C14H14BClO4. The summed E-state index contributed by atoms with van der Waals surface area (Å²) in [5.74, 6) is 1.22. The van der Waals surface area contributed by atoms with E-state index in [0.29, 0.717) is 22.8 Å². The van der Waals surface area contributed by atoms with E-state index in [-0.39, 0.29) is 0 Å². The highest BCUT2D eigenvalue weighted by Crippen LogP contribution is 2.25. The van der Waals surface area contributed by atoms with Crippen LogP contribution in [0, 0.1) is 0 Å². The number of hydrogen-bond acceptors (Lipinski definition) is 4. The SMILES string of the molecule is COc1ccccc1COc1ccc(B(O)O)cc1Cl. The van der Waals surface area contributed by atoms with Crippen LogP contribution >= 0.6 is 11.6 Å². The normalized spacial score (nSPS) is 10.2. The van der Waals surface area contributed by atoms with Crippen LogP contribution in [0.15, 0.2) is 42.5 Å². The maximum absolute atomic E-state index is 9.05. The van der Waals surface area contributed by atoms with Crippen molar-refractivity contribution in [3.8, 4) is 11.5 Å². The molecule has 2 aromatic carbocycles. The third-order valence-electron chi connectivity index (χ3n) is 2.83. The van der Waals surface area contributed by atoms with Crippen LogP contribution in [0.5, 0.6) is 11.5 Å². The Kier molecular flexibility index (Phi) is 4.90. The van der Waals surface area contributed by atoms with E-state index in [1.807, 2.05) is 24.3 Å². The molecule has 0 atom stereocenters. The molecule has 0 bridgehead atoms. The molecule has 0 aromatic heterocycles. The molecule has 20 heavy (non-hydrogen) atoms. The molecule has 2 aromatic rings. The second kappa shape index (κ2) is 6.66. The molecule has 0 saturated heterocycles. The number of ether oxygens (including phenoxy) is 2. The van der Waals surface area contributed by atoms with Crippen LogP contribution in [-0.2, 0) is 6.61 Å². The molecule has 0 saturated carbocycles. The maximum Gasteiger partial charge on any atom is 0.488 e. The summed E-state index contributed by atoms with van der Waals surface area (Å²) in [6, 6.07) is 12.1. The molecule has 0 unspecified atom stereocenters. The first kappa shape index (κ1) is 14.7. The fourth-order valence-corrected chi connectivity index (χ4v) is 2.02. The number of benzene rings is 2. The Morgan fingerprint density at radius 1 is 1.10 bits per heavy atom. The van der Waals surface area contributed by atoms with Crippen molar-refractivity contribution in [1.29, 1.82) is 0 Å². The zero-order valence-electron chi connectivity index (χ0n) is 10.9. The lowest BCUT2D eigenvalue weighted by molar-refractivity contribution is 0.297. The fraction of sp³-hybridized carbons (Fsp3) is 0.143. The number of para-hydroxylation sites is 1. The largest absolute Gasteiger partial charge is 0.496 e. The Balaban J connectivity index is 2.11. The first-order valence-corrected chi connectivity index (χ1v) is 6.40. The average molecular weight is 293 g/mol. The molecule has 6 heteroatoms. The van der Waals surface area contributed by atoms with Gasteiger partial charge in [0, 0.05) is 5.56 Å². The van der Waals surface area contributed by atoms with E-state index < -0.39 is 7.12 Å². The first-order chi connectivity index (χ1) is 9.61. The van der Waals surface area contributed by atoms with Gasteiger partial charge in [0.15, 0.2) is 0 Å². The van der Waals surface area contributed by atoms with Crippen molar-refractivity contribution in [2.45, 2.75) is 6.61 Å². The Morgan fingerprint density at radius 3 is 2.50 bits per heavy atom. The zero-order chi connectivity index (χ0) is 14.5. The smallest absolute Gasteiger partial charge is 0.488 e. The molecule has 104 valence electrons. The van der Waals surface area contributed by atoms with Crippen molar-refractivity contribution in [2.24, 2.45) is 0 Å². The van der Waals surface area contributed by atoms with E-state index in [0.717, 1.165) is 11.3 Å². The Labute approximate surface area is 122 Å². The molecule has 2 rings (SSSR count). The third-order valence-corrected chi connectivity index (χ3v) is 3.13. The van der Waals surface area contributed by atoms with Crippen LogP contribution in [0.3, 0.4) is 0 Å². The second-order valence-electron chi connectivity index (χ2n) is 4.16. The highest BCUT2D eigenvalue weighted by Gasteiger charge is 2.13. The van der Waals surface area contributed by atoms with Gasteiger partial charge in [-0.1, -0.05) is 35.9 Å². The van der Waals surface area contributed by atoms with Crippen molar-refractivity contribution in [2.75, 3.05) is 7.11 Å². The van der Waals surface area contributed by atoms with Crippen molar-refractivity contribution in [3.05, 3.63) is 53.1 Å². The molecule has 0 radical (unpaired) electrons. The summed E-state index contributed by atoms with van der Waals surface area (Å²) in [4.78, 5) is 0. The van der Waals surface area contributed by atoms with Crippen LogP contribution in [0.1, 0.15) is 5.56 Å². The lowest BCUT2D eigenvalue weighted by Crippen LogP contribution is -2.29. The van der Waals surface area contributed by atoms with Crippen LogP contribution in [0.4, 0.5) is 0 Å². The van der Waals surface area contributed by atoms with Gasteiger partial charge in [0.2, 0.25) is 0 Å². The van der Waals surface area contributed by atoms with E-state index in [9.17, 15) is 0 Å².